The molecule has 2 rings (SSSR count). The Balaban J connectivity index is 2.43. The van der Waals surface area contributed by atoms with Gasteiger partial charge in [0.25, 0.3) is 0 Å². The molecule has 1 heterocycles. The maximum atomic E-state index is 10.6. The first-order chi connectivity index (χ1) is 7.20. The van der Waals surface area contributed by atoms with E-state index in [9.17, 15) is 9.90 Å². The van der Waals surface area contributed by atoms with Gasteiger partial charge in [-0.15, -0.1) is 0 Å². The number of aromatic amines is 1. The number of hydrogen-bond acceptors (Lipinski definition) is 2. The van der Waals surface area contributed by atoms with E-state index in [2.05, 4.69) is 4.98 Å². The summed E-state index contributed by atoms with van der Waals surface area (Å²) in [5.74, 6) is 0.258. The second kappa shape index (κ2) is 3.77. The van der Waals surface area contributed by atoms with Crippen molar-refractivity contribution in [3.63, 3.8) is 0 Å². The highest BCUT2D eigenvalue weighted by Crippen LogP contribution is 2.24. The third-order valence-corrected chi connectivity index (χ3v) is 2.53. The predicted octanol–water partition coefficient (Wildman–Crippen LogP) is 2.25. The molecular weight excluding hydrogens is 190 g/mol. The standard InChI is InChI=1S/C12H13NO2/c1-8(7-14)4-9-6-13-12-3-2-10(15)5-11(9)12/h2-3,5-8,13,15H,4H2,1H3/t8-/m0/s1. The number of carbonyl (C=O) groups excluding carboxylic acids is 1. The molecule has 0 aliphatic carbocycles. The zero-order valence-corrected chi connectivity index (χ0v) is 8.53. The second-order valence-electron chi connectivity index (χ2n) is 3.86. The van der Waals surface area contributed by atoms with E-state index in [-0.39, 0.29) is 11.7 Å². The Kier molecular flexibility index (Phi) is 2.46. The first-order valence-corrected chi connectivity index (χ1v) is 4.95. The van der Waals surface area contributed by atoms with Gasteiger partial charge in [0, 0.05) is 23.0 Å². The summed E-state index contributed by atoms with van der Waals surface area (Å²) >= 11 is 0. The van der Waals surface area contributed by atoms with Crippen molar-refractivity contribution in [1.29, 1.82) is 0 Å². The van der Waals surface area contributed by atoms with Crippen LogP contribution in [0, 0.1) is 5.92 Å². The molecule has 0 fully saturated rings. The third-order valence-electron chi connectivity index (χ3n) is 2.53. The minimum absolute atomic E-state index is 0.00588. The van der Waals surface area contributed by atoms with Gasteiger partial charge in [-0.1, -0.05) is 6.92 Å². The highest BCUT2D eigenvalue weighted by molar-refractivity contribution is 5.84. The SMILES string of the molecule is C[C@H](C=O)Cc1c[nH]c2ccc(O)cc12. The Morgan fingerprint density at radius 1 is 1.53 bits per heavy atom. The normalized spacial score (nSPS) is 12.9. The van der Waals surface area contributed by atoms with E-state index < -0.39 is 0 Å². The summed E-state index contributed by atoms with van der Waals surface area (Å²) in [6.45, 7) is 1.88. The lowest BCUT2D eigenvalue weighted by Crippen LogP contribution is -1.99. The Morgan fingerprint density at radius 2 is 2.33 bits per heavy atom. The molecule has 2 aromatic rings. The number of rotatable bonds is 3. The summed E-state index contributed by atoms with van der Waals surface area (Å²) < 4.78 is 0. The van der Waals surface area contributed by atoms with Crippen molar-refractivity contribution in [3.8, 4) is 5.75 Å². The quantitative estimate of drug-likeness (QED) is 0.752. The lowest BCUT2D eigenvalue weighted by molar-refractivity contribution is -0.110. The molecule has 3 heteroatoms. The van der Waals surface area contributed by atoms with Gasteiger partial charge in [0.15, 0.2) is 0 Å². The Labute approximate surface area is 87.7 Å². The van der Waals surface area contributed by atoms with Crippen LogP contribution in [0.25, 0.3) is 10.9 Å². The van der Waals surface area contributed by atoms with Crippen molar-refractivity contribution >= 4 is 17.2 Å². The first-order valence-electron chi connectivity index (χ1n) is 4.95. The molecule has 1 atom stereocenters. The van der Waals surface area contributed by atoms with Crippen molar-refractivity contribution < 1.29 is 9.90 Å². The molecule has 78 valence electrons. The molecule has 2 N–H and O–H groups in total. The van der Waals surface area contributed by atoms with Crippen molar-refractivity contribution in [2.45, 2.75) is 13.3 Å². The zero-order valence-electron chi connectivity index (χ0n) is 8.53. The molecule has 1 aromatic carbocycles. The first kappa shape index (κ1) is 9.77. The number of phenolic OH excluding ortho intramolecular Hbond substituents is 1. The molecule has 0 aliphatic rings. The van der Waals surface area contributed by atoms with Crippen molar-refractivity contribution in [1.82, 2.24) is 4.98 Å². The van der Waals surface area contributed by atoms with Gasteiger partial charge >= 0.3 is 0 Å². The Hall–Kier alpha value is -1.77. The summed E-state index contributed by atoms with van der Waals surface area (Å²) in [4.78, 5) is 13.7. The van der Waals surface area contributed by atoms with E-state index in [1.54, 1.807) is 12.1 Å². The Bertz CT molecular complexity index is 487. The van der Waals surface area contributed by atoms with E-state index >= 15 is 0 Å². The zero-order chi connectivity index (χ0) is 10.8. The predicted molar refractivity (Wildman–Crippen MR) is 58.9 cm³/mol. The smallest absolute Gasteiger partial charge is 0.123 e. The minimum Gasteiger partial charge on any atom is -0.508 e. The van der Waals surface area contributed by atoms with Crippen LogP contribution in [-0.2, 0) is 11.2 Å². The van der Waals surface area contributed by atoms with Gasteiger partial charge < -0.3 is 14.9 Å². The van der Waals surface area contributed by atoms with Crippen molar-refractivity contribution in [2.24, 2.45) is 5.92 Å². The molecule has 1 aromatic heterocycles. The van der Waals surface area contributed by atoms with Crippen molar-refractivity contribution in [2.75, 3.05) is 0 Å². The Morgan fingerprint density at radius 3 is 3.07 bits per heavy atom. The van der Waals surface area contributed by atoms with Crippen LogP contribution in [-0.4, -0.2) is 16.4 Å². The summed E-state index contributed by atoms with van der Waals surface area (Å²) in [6.07, 6.45) is 3.54. The molecule has 0 bridgehead atoms. The van der Waals surface area contributed by atoms with E-state index in [1.807, 2.05) is 19.2 Å². The van der Waals surface area contributed by atoms with E-state index in [0.717, 1.165) is 22.8 Å². The molecule has 0 aliphatic heterocycles. The lowest BCUT2D eigenvalue weighted by atomic mass is 10.0. The number of fused-ring (bicyclic) bond motifs is 1. The number of nitrogens with one attached hydrogen (secondary N) is 1. The average Bonchev–Trinajstić information content (AvgIpc) is 2.61. The summed E-state index contributed by atoms with van der Waals surface area (Å²) in [7, 11) is 0. The van der Waals surface area contributed by atoms with Gasteiger partial charge in [0.2, 0.25) is 0 Å². The van der Waals surface area contributed by atoms with Crippen LogP contribution in [0.4, 0.5) is 0 Å². The van der Waals surface area contributed by atoms with Crippen molar-refractivity contribution in [3.05, 3.63) is 30.0 Å². The van der Waals surface area contributed by atoms with Crippen LogP contribution in [0.2, 0.25) is 0 Å². The molecular formula is C12H13NO2. The largest absolute Gasteiger partial charge is 0.508 e. The van der Waals surface area contributed by atoms with Gasteiger partial charge in [-0.05, 0) is 30.2 Å². The molecule has 15 heavy (non-hydrogen) atoms. The van der Waals surface area contributed by atoms with E-state index in [0.29, 0.717) is 6.42 Å². The molecule has 0 amide bonds. The second-order valence-corrected chi connectivity index (χ2v) is 3.86. The van der Waals surface area contributed by atoms with Crippen LogP contribution in [0.3, 0.4) is 0 Å². The number of benzene rings is 1. The summed E-state index contributed by atoms with van der Waals surface area (Å²) in [6, 6.07) is 5.20. The highest BCUT2D eigenvalue weighted by atomic mass is 16.3. The maximum Gasteiger partial charge on any atom is 0.123 e. The fraction of sp³-hybridized carbons (Fsp3) is 0.250. The topological polar surface area (TPSA) is 53.1 Å². The van der Waals surface area contributed by atoms with E-state index in [1.165, 1.54) is 0 Å². The molecule has 0 saturated heterocycles. The van der Waals surface area contributed by atoms with Gasteiger partial charge in [0.1, 0.15) is 12.0 Å². The van der Waals surface area contributed by atoms with Crippen LogP contribution >= 0.6 is 0 Å². The summed E-state index contributed by atoms with van der Waals surface area (Å²) in [5, 5.41) is 10.4. The lowest BCUT2D eigenvalue weighted by Gasteiger charge is -2.01. The fourth-order valence-electron chi connectivity index (χ4n) is 1.73. The minimum atomic E-state index is 0.00588. The number of H-pyrrole nitrogens is 1. The van der Waals surface area contributed by atoms with Crippen LogP contribution in [0.15, 0.2) is 24.4 Å². The number of phenols is 1. The number of aromatic hydroxyl groups is 1. The number of carbonyl (C=O) groups is 1. The molecule has 0 unspecified atom stereocenters. The number of hydrogen-bond donors (Lipinski definition) is 2. The average molecular weight is 203 g/mol. The highest BCUT2D eigenvalue weighted by Gasteiger charge is 2.08. The summed E-state index contributed by atoms with van der Waals surface area (Å²) in [5.41, 5.74) is 2.06. The molecule has 0 radical (unpaired) electrons. The van der Waals surface area contributed by atoms with Gasteiger partial charge in [-0.2, -0.15) is 0 Å². The van der Waals surface area contributed by atoms with E-state index in [4.69, 9.17) is 0 Å². The molecule has 0 spiro atoms. The number of aldehydes is 1. The maximum absolute atomic E-state index is 10.6. The molecule has 0 saturated carbocycles. The third kappa shape index (κ3) is 1.86. The van der Waals surface area contributed by atoms with Gasteiger partial charge in [-0.3, -0.25) is 0 Å². The monoisotopic (exact) mass is 203 g/mol. The van der Waals surface area contributed by atoms with Gasteiger partial charge in [0.05, 0.1) is 0 Å². The number of aromatic nitrogens is 1. The van der Waals surface area contributed by atoms with Crippen LogP contribution < -0.4 is 0 Å². The van der Waals surface area contributed by atoms with Crippen LogP contribution in [0.1, 0.15) is 12.5 Å². The van der Waals surface area contributed by atoms with Crippen LogP contribution in [0.5, 0.6) is 5.75 Å². The van der Waals surface area contributed by atoms with Gasteiger partial charge in [-0.25, -0.2) is 0 Å². The fourth-order valence-corrected chi connectivity index (χ4v) is 1.73. The molecule has 3 nitrogen and oxygen atoms in total.